The van der Waals surface area contributed by atoms with Gasteiger partial charge in [-0.05, 0) is 30.4 Å². The predicted molar refractivity (Wildman–Crippen MR) is 107 cm³/mol. The molecule has 0 spiro atoms. The highest BCUT2D eigenvalue weighted by Crippen LogP contribution is 2.35. The molecule has 0 aliphatic carbocycles. The second-order valence-corrected chi connectivity index (χ2v) is 8.64. The molecule has 3 atom stereocenters. The van der Waals surface area contributed by atoms with Gasteiger partial charge in [0.05, 0.1) is 6.42 Å². The van der Waals surface area contributed by atoms with Crippen molar-refractivity contribution in [3.63, 3.8) is 0 Å². The van der Waals surface area contributed by atoms with Crippen LogP contribution < -0.4 is 0 Å². The van der Waals surface area contributed by atoms with Crippen LogP contribution in [0.2, 0.25) is 0 Å². The van der Waals surface area contributed by atoms with Gasteiger partial charge >= 0.3 is 11.9 Å². The molecule has 1 fully saturated rings. The Morgan fingerprint density at radius 2 is 1.89 bits per heavy atom. The fourth-order valence-corrected chi connectivity index (χ4v) is 4.67. The molecule has 0 saturated carbocycles. The number of hydrogen-bond acceptors (Lipinski definition) is 3. The van der Waals surface area contributed by atoms with Crippen LogP contribution in [0, 0.1) is 11.8 Å². The number of nitrogens with zero attached hydrogens (tertiary/aromatic N) is 2. The normalized spacial score (nSPS) is 22.0. The van der Waals surface area contributed by atoms with Gasteiger partial charge in [0.2, 0.25) is 0 Å². The Morgan fingerprint density at radius 3 is 2.48 bits per heavy atom. The van der Waals surface area contributed by atoms with Crippen molar-refractivity contribution in [2.24, 2.45) is 11.8 Å². The van der Waals surface area contributed by atoms with Gasteiger partial charge in [-0.1, -0.05) is 35.8 Å². The summed E-state index contributed by atoms with van der Waals surface area (Å²) in [5, 5.41) is 19.9. The maximum atomic E-state index is 12.2. The molecule has 146 valence electrons. The Morgan fingerprint density at radius 1 is 1.22 bits per heavy atom. The molecule has 1 aliphatic heterocycles. The Balaban J connectivity index is 2.06. The van der Waals surface area contributed by atoms with E-state index in [9.17, 15) is 14.7 Å². The quantitative estimate of drug-likeness (QED) is 0.715. The maximum Gasteiger partial charge on any atom is 0.325 e. The fourth-order valence-electron chi connectivity index (χ4n) is 4.32. The van der Waals surface area contributed by atoms with Gasteiger partial charge < -0.3 is 14.8 Å². The van der Waals surface area contributed by atoms with Gasteiger partial charge in [-0.15, -0.1) is 0 Å². The molecular weight excluding hydrogens is 412 g/mol. The number of fused-ring (bicyclic) bond motifs is 1. The number of benzene rings is 1. The Bertz CT molecular complexity index is 853. The third-order valence-corrected chi connectivity index (χ3v) is 5.73. The Kier molecular flexibility index (Phi) is 5.91. The number of aromatic nitrogens is 1. The number of carbonyl (C=O) groups is 2. The van der Waals surface area contributed by atoms with Crippen LogP contribution in [-0.2, 0) is 16.1 Å². The van der Waals surface area contributed by atoms with Gasteiger partial charge in [-0.2, -0.15) is 0 Å². The van der Waals surface area contributed by atoms with Gasteiger partial charge in [0.15, 0.2) is 0 Å². The third-order valence-electron chi connectivity index (χ3n) is 5.23. The number of rotatable bonds is 6. The standard InChI is InChI=1S/C20H25BrN2O4/c1-12-7-13(2)10-23(9-12)19(20(26)27)16-11-22(6-5-18(24)25)17-8-14(21)3-4-15(16)17/h3-4,8,11-13,19H,5-7,9-10H2,1-2H3,(H,24,25)(H,26,27)/t12-,13+,19?. The van der Waals surface area contributed by atoms with Gasteiger partial charge in [0.1, 0.15) is 6.04 Å². The number of halogens is 1. The van der Waals surface area contributed by atoms with Crippen LogP contribution in [0.25, 0.3) is 10.9 Å². The van der Waals surface area contributed by atoms with Gasteiger partial charge in [0, 0.05) is 46.8 Å². The molecule has 0 bridgehead atoms. The van der Waals surface area contributed by atoms with Crippen LogP contribution in [0.4, 0.5) is 0 Å². The largest absolute Gasteiger partial charge is 0.481 e. The van der Waals surface area contributed by atoms with E-state index in [1.807, 2.05) is 29.0 Å². The summed E-state index contributed by atoms with van der Waals surface area (Å²) in [5.41, 5.74) is 1.58. The van der Waals surface area contributed by atoms with Crippen molar-refractivity contribution in [1.82, 2.24) is 9.47 Å². The lowest BCUT2D eigenvalue weighted by Gasteiger charge is -2.38. The van der Waals surface area contributed by atoms with E-state index < -0.39 is 18.0 Å². The highest BCUT2D eigenvalue weighted by Gasteiger charge is 2.34. The highest BCUT2D eigenvalue weighted by atomic mass is 79.9. The smallest absolute Gasteiger partial charge is 0.325 e. The van der Waals surface area contributed by atoms with Crippen molar-refractivity contribution in [2.45, 2.75) is 39.3 Å². The van der Waals surface area contributed by atoms with E-state index >= 15 is 0 Å². The van der Waals surface area contributed by atoms with Gasteiger partial charge in [-0.3, -0.25) is 14.5 Å². The first-order valence-electron chi connectivity index (χ1n) is 9.23. The van der Waals surface area contributed by atoms with E-state index in [4.69, 9.17) is 5.11 Å². The molecule has 1 saturated heterocycles. The van der Waals surface area contributed by atoms with E-state index in [1.165, 1.54) is 0 Å². The summed E-state index contributed by atoms with van der Waals surface area (Å²) in [5.74, 6) is -0.839. The van der Waals surface area contributed by atoms with Crippen molar-refractivity contribution in [3.05, 3.63) is 34.4 Å². The van der Waals surface area contributed by atoms with Crippen LogP contribution in [0.5, 0.6) is 0 Å². The molecule has 1 aliphatic rings. The Hall–Kier alpha value is -1.86. The first-order chi connectivity index (χ1) is 12.8. The number of aliphatic carboxylic acids is 2. The van der Waals surface area contributed by atoms with Crippen molar-refractivity contribution in [1.29, 1.82) is 0 Å². The summed E-state index contributed by atoms with van der Waals surface area (Å²) in [6.07, 6.45) is 2.92. The van der Waals surface area contributed by atoms with Crippen molar-refractivity contribution in [3.8, 4) is 0 Å². The summed E-state index contributed by atoms with van der Waals surface area (Å²) in [7, 11) is 0. The van der Waals surface area contributed by atoms with Crippen LogP contribution in [0.15, 0.2) is 28.9 Å². The second kappa shape index (κ2) is 8.02. The number of carboxylic acid groups (broad SMARTS) is 2. The Labute approximate surface area is 166 Å². The summed E-state index contributed by atoms with van der Waals surface area (Å²) < 4.78 is 2.74. The van der Waals surface area contributed by atoms with Crippen molar-refractivity contribution < 1.29 is 19.8 Å². The van der Waals surface area contributed by atoms with Crippen molar-refractivity contribution >= 4 is 38.8 Å². The average Bonchev–Trinajstić information content (AvgIpc) is 2.89. The molecule has 27 heavy (non-hydrogen) atoms. The fraction of sp³-hybridized carbons (Fsp3) is 0.500. The third kappa shape index (κ3) is 4.35. The lowest BCUT2D eigenvalue weighted by Crippen LogP contribution is -2.43. The SMILES string of the molecule is C[C@@H]1C[C@H](C)CN(C(C(=O)O)c2cn(CCC(=O)O)c3cc(Br)ccc23)C1. The molecule has 7 heteroatoms. The molecule has 1 aromatic heterocycles. The molecule has 0 amide bonds. The summed E-state index contributed by atoms with van der Waals surface area (Å²) >= 11 is 3.46. The number of piperidine rings is 1. The second-order valence-electron chi connectivity index (χ2n) is 7.72. The number of hydrogen-bond donors (Lipinski definition) is 2. The zero-order valence-electron chi connectivity index (χ0n) is 15.6. The van der Waals surface area contributed by atoms with Crippen molar-refractivity contribution in [2.75, 3.05) is 13.1 Å². The summed E-state index contributed by atoms with van der Waals surface area (Å²) in [6, 6.07) is 5.00. The zero-order valence-corrected chi connectivity index (χ0v) is 17.1. The highest BCUT2D eigenvalue weighted by molar-refractivity contribution is 9.10. The summed E-state index contributed by atoms with van der Waals surface area (Å²) in [4.78, 5) is 25.3. The first kappa shape index (κ1) is 19.9. The van der Waals surface area contributed by atoms with Crippen LogP contribution >= 0.6 is 15.9 Å². The molecule has 6 nitrogen and oxygen atoms in total. The predicted octanol–water partition coefficient (Wildman–Crippen LogP) is 3.98. The topological polar surface area (TPSA) is 82.8 Å². The minimum absolute atomic E-state index is 0.00868. The van der Waals surface area contributed by atoms with E-state index in [1.54, 1.807) is 0 Å². The zero-order chi connectivity index (χ0) is 19.7. The monoisotopic (exact) mass is 436 g/mol. The number of carboxylic acids is 2. The van der Waals surface area contributed by atoms with E-state index in [0.717, 1.165) is 40.4 Å². The lowest BCUT2D eigenvalue weighted by molar-refractivity contribution is -0.144. The van der Waals surface area contributed by atoms with E-state index in [0.29, 0.717) is 18.4 Å². The molecule has 1 unspecified atom stereocenters. The number of likely N-dealkylation sites (tertiary alicyclic amines) is 1. The molecule has 2 heterocycles. The summed E-state index contributed by atoms with van der Waals surface area (Å²) in [6.45, 7) is 6.13. The number of aryl methyl sites for hydroxylation is 1. The molecule has 2 aromatic rings. The molecule has 1 aromatic carbocycles. The maximum absolute atomic E-state index is 12.2. The molecule has 0 radical (unpaired) electrons. The lowest BCUT2D eigenvalue weighted by atomic mass is 9.89. The van der Waals surface area contributed by atoms with Crippen LogP contribution in [0.1, 0.15) is 38.3 Å². The van der Waals surface area contributed by atoms with E-state index in [2.05, 4.69) is 34.7 Å². The van der Waals surface area contributed by atoms with E-state index in [-0.39, 0.29) is 6.42 Å². The minimum Gasteiger partial charge on any atom is -0.481 e. The molecule has 2 N–H and O–H groups in total. The average molecular weight is 437 g/mol. The van der Waals surface area contributed by atoms with Gasteiger partial charge in [-0.25, -0.2) is 0 Å². The minimum atomic E-state index is -0.873. The van der Waals surface area contributed by atoms with Crippen LogP contribution in [0.3, 0.4) is 0 Å². The van der Waals surface area contributed by atoms with Crippen LogP contribution in [-0.4, -0.2) is 44.7 Å². The molecular formula is C20H25BrN2O4. The molecule has 3 rings (SSSR count). The van der Waals surface area contributed by atoms with Gasteiger partial charge in [0.25, 0.3) is 0 Å². The first-order valence-corrected chi connectivity index (χ1v) is 10.0.